The fourth-order valence-corrected chi connectivity index (χ4v) is 2.97. The van der Waals surface area contributed by atoms with Crippen molar-refractivity contribution >= 4 is 28.2 Å². The van der Waals surface area contributed by atoms with Gasteiger partial charge in [-0.2, -0.15) is 5.10 Å². The molecule has 26 heavy (non-hydrogen) atoms. The zero-order valence-corrected chi connectivity index (χ0v) is 15.5. The first kappa shape index (κ1) is 17.8. The largest absolute Gasteiger partial charge is 0.481 e. The van der Waals surface area contributed by atoms with Gasteiger partial charge in [0.15, 0.2) is 0 Å². The quantitative estimate of drug-likeness (QED) is 0.653. The number of carbonyl (C=O) groups is 1. The second-order valence-corrected chi connectivity index (χ2v) is 6.23. The number of rotatable bonds is 7. The lowest BCUT2D eigenvalue weighted by atomic mass is 10.2. The summed E-state index contributed by atoms with van der Waals surface area (Å²) in [5.41, 5.74) is 3.97. The lowest BCUT2D eigenvalue weighted by Crippen LogP contribution is -2.12. The van der Waals surface area contributed by atoms with Crippen LogP contribution in [0.1, 0.15) is 28.5 Å². The smallest absolute Gasteiger partial charge is 0.259 e. The molecule has 0 aliphatic carbocycles. The number of carbonyl (C=O) groups excluding carboxylic acids is 1. The molecule has 2 N–H and O–H groups in total. The van der Waals surface area contributed by atoms with Gasteiger partial charge in [0, 0.05) is 19.8 Å². The van der Waals surface area contributed by atoms with Gasteiger partial charge in [-0.25, -0.2) is 9.67 Å². The van der Waals surface area contributed by atoms with E-state index in [1.165, 1.54) is 17.5 Å². The molecule has 0 radical (unpaired) electrons. The fraction of sp³-hybridized carbons (Fsp3) is 0.312. The van der Waals surface area contributed by atoms with Crippen LogP contribution < -0.4 is 15.4 Å². The van der Waals surface area contributed by atoms with Crippen molar-refractivity contribution in [1.82, 2.24) is 25.0 Å². The van der Waals surface area contributed by atoms with Gasteiger partial charge in [0.05, 0.1) is 23.9 Å². The van der Waals surface area contributed by atoms with Crippen LogP contribution in [0.25, 0.3) is 0 Å². The van der Waals surface area contributed by atoms with Gasteiger partial charge in [-0.15, -0.1) is 10.2 Å². The number of anilines is 2. The van der Waals surface area contributed by atoms with E-state index in [0.29, 0.717) is 23.1 Å². The second kappa shape index (κ2) is 7.91. The summed E-state index contributed by atoms with van der Waals surface area (Å²) in [6.07, 6.45) is 2.33. The number of methoxy groups -OCH3 is 1. The van der Waals surface area contributed by atoms with E-state index in [-0.39, 0.29) is 5.91 Å². The molecule has 3 rings (SSSR count). The molecule has 10 heteroatoms. The van der Waals surface area contributed by atoms with E-state index in [1.807, 2.05) is 7.05 Å². The summed E-state index contributed by atoms with van der Waals surface area (Å²) in [6.45, 7) is 2.58. The van der Waals surface area contributed by atoms with Gasteiger partial charge in [-0.1, -0.05) is 18.3 Å². The van der Waals surface area contributed by atoms with Crippen LogP contribution in [0.3, 0.4) is 0 Å². The van der Waals surface area contributed by atoms with E-state index in [2.05, 4.69) is 37.8 Å². The molecular weight excluding hydrogens is 354 g/mol. The Morgan fingerprint density at radius 2 is 2.23 bits per heavy atom. The topological polar surface area (TPSA) is 107 Å². The number of nitrogens with one attached hydrogen (secondary N) is 2. The third-order valence-electron chi connectivity index (χ3n) is 3.75. The Balaban J connectivity index is 1.66. The number of hydrogen-bond donors (Lipinski definition) is 2. The van der Waals surface area contributed by atoms with Crippen LogP contribution in [0.4, 0.5) is 10.9 Å². The third-order valence-corrected chi connectivity index (χ3v) is 4.36. The average Bonchev–Trinajstić information content (AvgIpc) is 3.27. The van der Waals surface area contributed by atoms with Gasteiger partial charge in [-0.05, 0) is 18.6 Å². The summed E-state index contributed by atoms with van der Waals surface area (Å²) in [7, 11) is 3.48. The lowest BCUT2D eigenvalue weighted by Gasteiger charge is -2.08. The number of hydrogen-bond acceptors (Lipinski definition) is 8. The molecule has 0 aliphatic heterocycles. The van der Waals surface area contributed by atoms with Crippen LogP contribution in [0, 0.1) is 0 Å². The van der Waals surface area contributed by atoms with Gasteiger partial charge in [-0.3, -0.25) is 10.1 Å². The molecule has 0 saturated carbocycles. The van der Waals surface area contributed by atoms with Crippen LogP contribution in [-0.2, 0) is 20.0 Å². The summed E-state index contributed by atoms with van der Waals surface area (Å²) < 4.78 is 7.15. The highest BCUT2D eigenvalue weighted by atomic mass is 32.1. The van der Waals surface area contributed by atoms with Crippen LogP contribution >= 0.6 is 11.3 Å². The first-order valence-corrected chi connectivity index (χ1v) is 8.86. The van der Waals surface area contributed by atoms with Gasteiger partial charge in [0.1, 0.15) is 11.3 Å². The molecule has 0 spiro atoms. The Morgan fingerprint density at radius 3 is 2.85 bits per heavy atom. The standard InChI is InChI=1S/C16H19N7O2S/c1-4-12-11(15(25-3)23(2)22-12)8-18-13-6-5-10(7-17-13)14(24)20-16-21-19-9-26-16/h5-7,9H,4,8H2,1-3H3,(H,17,18)(H,20,21,24). The maximum atomic E-state index is 12.1. The minimum absolute atomic E-state index is 0.275. The van der Waals surface area contributed by atoms with Gasteiger partial charge in [0.2, 0.25) is 11.0 Å². The predicted molar refractivity (Wildman–Crippen MR) is 98.6 cm³/mol. The van der Waals surface area contributed by atoms with Crippen molar-refractivity contribution in [2.24, 2.45) is 7.05 Å². The highest BCUT2D eigenvalue weighted by Gasteiger charge is 2.15. The van der Waals surface area contributed by atoms with E-state index >= 15 is 0 Å². The van der Waals surface area contributed by atoms with Crippen molar-refractivity contribution < 1.29 is 9.53 Å². The molecule has 1 amide bonds. The van der Waals surface area contributed by atoms with Gasteiger partial charge in [0.25, 0.3) is 5.91 Å². The highest BCUT2D eigenvalue weighted by molar-refractivity contribution is 7.13. The summed E-state index contributed by atoms with van der Waals surface area (Å²) in [5, 5.41) is 18.3. The van der Waals surface area contributed by atoms with Crippen molar-refractivity contribution in [1.29, 1.82) is 0 Å². The summed E-state index contributed by atoms with van der Waals surface area (Å²) in [4.78, 5) is 16.4. The minimum Gasteiger partial charge on any atom is -0.481 e. The number of aromatic nitrogens is 5. The Labute approximate surface area is 154 Å². The van der Waals surface area contributed by atoms with Crippen molar-refractivity contribution in [3.05, 3.63) is 40.7 Å². The molecule has 3 heterocycles. The number of nitrogens with zero attached hydrogens (tertiary/aromatic N) is 5. The number of aryl methyl sites for hydroxylation is 2. The Hall–Kier alpha value is -3.01. The number of ether oxygens (including phenoxy) is 1. The Morgan fingerprint density at radius 1 is 1.38 bits per heavy atom. The zero-order valence-electron chi connectivity index (χ0n) is 14.7. The van der Waals surface area contributed by atoms with Gasteiger partial charge < -0.3 is 10.1 Å². The molecule has 9 nitrogen and oxygen atoms in total. The summed E-state index contributed by atoms with van der Waals surface area (Å²) in [6, 6.07) is 3.45. The number of amides is 1. The molecule has 0 saturated heterocycles. The second-order valence-electron chi connectivity index (χ2n) is 5.40. The van der Waals surface area contributed by atoms with E-state index in [4.69, 9.17) is 4.74 Å². The zero-order chi connectivity index (χ0) is 18.5. The van der Waals surface area contributed by atoms with Crippen molar-refractivity contribution in [3.8, 4) is 5.88 Å². The van der Waals surface area contributed by atoms with Gasteiger partial charge >= 0.3 is 0 Å². The first-order chi connectivity index (χ1) is 12.6. The molecule has 3 aromatic rings. The highest BCUT2D eigenvalue weighted by Crippen LogP contribution is 2.23. The molecule has 0 bridgehead atoms. The fourth-order valence-electron chi connectivity index (χ4n) is 2.53. The lowest BCUT2D eigenvalue weighted by molar-refractivity contribution is 0.102. The summed E-state index contributed by atoms with van der Waals surface area (Å²) >= 11 is 1.26. The van der Waals surface area contributed by atoms with Crippen molar-refractivity contribution in [2.75, 3.05) is 17.7 Å². The van der Waals surface area contributed by atoms with Crippen LogP contribution in [0.2, 0.25) is 0 Å². The average molecular weight is 373 g/mol. The predicted octanol–water partition coefficient (Wildman–Crippen LogP) is 2.10. The van der Waals surface area contributed by atoms with E-state index < -0.39 is 0 Å². The van der Waals surface area contributed by atoms with Crippen LogP contribution in [-0.4, -0.2) is 38.0 Å². The maximum Gasteiger partial charge on any atom is 0.259 e. The molecule has 0 fully saturated rings. The molecule has 3 aromatic heterocycles. The molecule has 0 atom stereocenters. The summed E-state index contributed by atoms with van der Waals surface area (Å²) in [5.74, 6) is 1.11. The van der Waals surface area contributed by atoms with E-state index in [0.717, 1.165) is 23.6 Å². The maximum absolute atomic E-state index is 12.1. The molecule has 0 unspecified atom stereocenters. The Kier molecular flexibility index (Phi) is 5.42. The molecular formula is C16H19N7O2S. The van der Waals surface area contributed by atoms with Crippen molar-refractivity contribution in [3.63, 3.8) is 0 Å². The minimum atomic E-state index is -0.275. The van der Waals surface area contributed by atoms with Crippen LogP contribution in [0.5, 0.6) is 5.88 Å². The number of pyridine rings is 1. The monoisotopic (exact) mass is 373 g/mol. The first-order valence-electron chi connectivity index (χ1n) is 7.98. The molecule has 136 valence electrons. The van der Waals surface area contributed by atoms with E-state index in [9.17, 15) is 4.79 Å². The third kappa shape index (κ3) is 3.80. The van der Waals surface area contributed by atoms with Crippen molar-refractivity contribution in [2.45, 2.75) is 19.9 Å². The SMILES string of the molecule is CCc1nn(C)c(OC)c1CNc1ccc(C(=O)Nc2nncs2)cn1. The molecule has 0 aliphatic rings. The molecule has 0 aromatic carbocycles. The normalized spacial score (nSPS) is 10.6. The van der Waals surface area contributed by atoms with E-state index in [1.54, 1.807) is 29.4 Å². The Bertz CT molecular complexity index is 875. The van der Waals surface area contributed by atoms with Crippen LogP contribution in [0.15, 0.2) is 23.8 Å².